The molecule has 0 fully saturated rings. The first kappa shape index (κ1) is 8.07. The summed E-state index contributed by atoms with van der Waals surface area (Å²) in [6, 6.07) is 0. The van der Waals surface area contributed by atoms with Crippen LogP contribution in [-0.2, 0) is 14.6 Å². The maximum Gasteiger partial charge on any atom is 0.306 e. The van der Waals surface area contributed by atoms with Gasteiger partial charge in [-0.2, -0.15) is 4.89 Å². The fraction of sp³-hybridized carbons (Fsp3) is 0.571. The van der Waals surface area contributed by atoms with Gasteiger partial charge in [0.1, 0.15) is 6.26 Å². The summed E-state index contributed by atoms with van der Waals surface area (Å²) in [5.41, 5.74) is 0. The number of allylic oxidation sites excluding steroid dienone is 1. The third-order valence-corrected chi connectivity index (χ3v) is 1.54. The number of carboxylic acids is 1. The van der Waals surface area contributed by atoms with E-state index in [1.807, 2.05) is 0 Å². The summed E-state index contributed by atoms with van der Waals surface area (Å²) in [6.07, 6.45) is 4.03. The van der Waals surface area contributed by atoms with Crippen molar-refractivity contribution in [3.8, 4) is 0 Å². The van der Waals surface area contributed by atoms with Crippen LogP contribution in [0.5, 0.6) is 0 Å². The molecule has 0 radical (unpaired) electrons. The number of hydrogen-bond acceptors (Lipinski definition) is 3. The Bertz CT molecular complexity index is 164. The van der Waals surface area contributed by atoms with E-state index >= 15 is 0 Å². The molecule has 0 aromatic carbocycles. The van der Waals surface area contributed by atoms with Crippen LogP contribution in [0.2, 0.25) is 0 Å². The third-order valence-electron chi connectivity index (χ3n) is 1.54. The molecule has 0 amide bonds. The van der Waals surface area contributed by atoms with E-state index in [1.165, 1.54) is 6.26 Å². The van der Waals surface area contributed by atoms with Crippen LogP contribution in [0.1, 0.15) is 12.8 Å². The Kier molecular flexibility index (Phi) is 2.92. The molecular weight excluding hydrogens is 148 g/mol. The zero-order chi connectivity index (χ0) is 8.10. The molecule has 0 spiro atoms. The average Bonchev–Trinajstić information content (AvgIpc) is 1.84. The summed E-state index contributed by atoms with van der Waals surface area (Å²) < 4.78 is 0. The Morgan fingerprint density at radius 3 is 3.18 bits per heavy atom. The second-order valence-electron chi connectivity index (χ2n) is 2.35. The molecule has 1 N–H and O–H groups in total. The van der Waals surface area contributed by atoms with Crippen LogP contribution in [0.25, 0.3) is 0 Å². The minimum absolute atomic E-state index is 0.335. The molecular formula is C7H10O4. The third kappa shape index (κ3) is 2.59. The van der Waals surface area contributed by atoms with Gasteiger partial charge in [-0.3, -0.25) is 4.79 Å². The molecule has 0 saturated heterocycles. The summed E-state index contributed by atoms with van der Waals surface area (Å²) >= 11 is 0. The fourth-order valence-corrected chi connectivity index (χ4v) is 0.879. The lowest BCUT2D eigenvalue weighted by atomic mass is 10.0. The van der Waals surface area contributed by atoms with Gasteiger partial charge in [-0.1, -0.05) is 0 Å². The van der Waals surface area contributed by atoms with Crippen molar-refractivity contribution in [3.05, 3.63) is 12.3 Å². The van der Waals surface area contributed by atoms with E-state index < -0.39 is 5.97 Å². The first-order chi connectivity index (χ1) is 5.30. The second kappa shape index (κ2) is 3.98. The quantitative estimate of drug-likeness (QED) is 0.577. The highest BCUT2D eigenvalue weighted by molar-refractivity contribution is 5.70. The highest BCUT2D eigenvalue weighted by Gasteiger charge is 2.16. The van der Waals surface area contributed by atoms with Crippen LogP contribution in [0, 0.1) is 5.92 Å². The van der Waals surface area contributed by atoms with Gasteiger partial charge in [-0.15, -0.1) is 0 Å². The van der Waals surface area contributed by atoms with E-state index in [2.05, 4.69) is 9.78 Å². The van der Waals surface area contributed by atoms with Crippen LogP contribution in [0.4, 0.5) is 0 Å². The van der Waals surface area contributed by atoms with E-state index in [1.54, 1.807) is 6.08 Å². The first-order valence-corrected chi connectivity index (χ1v) is 3.47. The molecule has 4 nitrogen and oxygen atoms in total. The Morgan fingerprint density at radius 1 is 1.64 bits per heavy atom. The van der Waals surface area contributed by atoms with Gasteiger partial charge in [-0.25, -0.2) is 0 Å². The van der Waals surface area contributed by atoms with E-state index in [-0.39, 0.29) is 5.92 Å². The Balaban J connectivity index is 2.45. The summed E-state index contributed by atoms with van der Waals surface area (Å²) in [7, 11) is 0. The van der Waals surface area contributed by atoms with E-state index in [0.29, 0.717) is 19.4 Å². The molecule has 62 valence electrons. The molecule has 0 aromatic rings. The summed E-state index contributed by atoms with van der Waals surface area (Å²) in [5, 5.41) is 8.62. The van der Waals surface area contributed by atoms with Crippen LogP contribution in [-0.4, -0.2) is 17.7 Å². The monoisotopic (exact) mass is 158 g/mol. The predicted octanol–water partition coefficient (Wildman–Crippen LogP) is 0.943. The minimum Gasteiger partial charge on any atom is -0.481 e. The van der Waals surface area contributed by atoms with Gasteiger partial charge in [-0.05, 0) is 18.9 Å². The van der Waals surface area contributed by atoms with Crippen molar-refractivity contribution in [1.29, 1.82) is 0 Å². The zero-order valence-corrected chi connectivity index (χ0v) is 6.03. The number of carbonyl (C=O) groups is 1. The Hall–Kier alpha value is -1.03. The molecule has 0 aliphatic carbocycles. The SMILES string of the molecule is O=C(O)C1C/C=C\OOCC1. The lowest BCUT2D eigenvalue weighted by molar-refractivity contribution is -0.252. The van der Waals surface area contributed by atoms with E-state index in [9.17, 15) is 4.79 Å². The lowest BCUT2D eigenvalue weighted by Crippen LogP contribution is -2.16. The van der Waals surface area contributed by atoms with Gasteiger partial charge in [0.25, 0.3) is 0 Å². The van der Waals surface area contributed by atoms with Crippen molar-refractivity contribution in [2.75, 3.05) is 6.61 Å². The number of hydrogen-bond donors (Lipinski definition) is 1. The van der Waals surface area contributed by atoms with Crippen molar-refractivity contribution in [2.24, 2.45) is 5.92 Å². The molecule has 1 rings (SSSR count). The second-order valence-corrected chi connectivity index (χ2v) is 2.35. The summed E-state index contributed by atoms with van der Waals surface area (Å²) in [4.78, 5) is 19.6. The van der Waals surface area contributed by atoms with Crippen LogP contribution < -0.4 is 0 Å². The van der Waals surface area contributed by atoms with Gasteiger partial charge < -0.3 is 9.99 Å². The average molecular weight is 158 g/mol. The molecule has 1 heterocycles. The largest absolute Gasteiger partial charge is 0.481 e. The van der Waals surface area contributed by atoms with Gasteiger partial charge in [0.2, 0.25) is 0 Å². The lowest BCUT2D eigenvalue weighted by Gasteiger charge is -2.11. The molecule has 4 heteroatoms. The Labute approximate surface area is 64.3 Å². The molecule has 0 saturated carbocycles. The standard InChI is InChI=1S/C7H10O4/c8-7(9)6-2-1-4-10-11-5-3-6/h1,4,6H,2-3,5H2,(H,8,9)/b4-1-. The minimum atomic E-state index is -0.778. The topological polar surface area (TPSA) is 55.8 Å². The maximum atomic E-state index is 10.5. The highest BCUT2D eigenvalue weighted by Crippen LogP contribution is 2.12. The van der Waals surface area contributed by atoms with Crippen LogP contribution in [0.3, 0.4) is 0 Å². The Morgan fingerprint density at radius 2 is 2.45 bits per heavy atom. The number of carboxylic acid groups (broad SMARTS) is 1. The van der Waals surface area contributed by atoms with Gasteiger partial charge >= 0.3 is 5.97 Å². The zero-order valence-electron chi connectivity index (χ0n) is 6.03. The molecule has 1 aliphatic rings. The molecule has 1 aliphatic heterocycles. The number of aliphatic carboxylic acids is 1. The molecule has 11 heavy (non-hydrogen) atoms. The molecule has 0 bridgehead atoms. The number of rotatable bonds is 1. The van der Waals surface area contributed by atoms with Gasteiger partial charge in [0.15, 0.2) is 0 Å². The highest BCUT2D eigenvalue weighted by atomic mass is 17.2. The van der Waals surface area contributed by atoms with Gasteiger partial charge in [0.05, 0.1) is 12.5 Å². The molecule has 0 aromatic heterocycles. The van der Waals surface area contributed by atoms with Crippen molar-refractivity contribution in [3.63, 3.8) is 0 Å². The van der Waals surface area contributed by atoms with Crippen molar-refractivity contribution in [2.45, 2.75) is 12.8 Å². The van der Waals surface area contributed by atoms with Crippen molar-refractivity contribution in [1.82, 2.24) is 0 Å². The van der Waals surface area contributed by atoms with Gasteiger partial charge in [0, 0.05) is 0 Å². The van der Waals surface area contributed by atoms with Crippen LogP contribution >= 0.6 is 0 Å². The summed E-state index contributed by atoms with van der Waals surface area (Å²) in [5.74, 6) is -1.12. The van der Waals surface area contributed by atoms with Crippen molar-refractivity contribution < 1.29 is 19.7 Å². The molecule has 1 unspecified atom stereocenters. The first-order valence-electron chi connectivity index (χ1n) is 3.47. The predicted molar refractivity (Wildman–Crippen MR) is 36.5 cm³/mol. The van der Waals surface area contributed by atoms with Crippen LogP contribution in [0.15, 0.2) is 12.3 Å². The fourth-order valence-electron chi connectivity index (χ4n) is 0.879. The van der Waals surface area contributed by atoms with E-state index in [4.69, 9.17) is 5.11 Å². The smallest absolute Gasteiger partial charge is 0.306 e. The maximum absolute atomic E-state index is 10.5. The van der Waals surface area contributed by atoms with Crippen molar-refractivity contribution >= 4 is 5.97 Å². The van der Waals surface area contributed by atoms with E-state index in [0.717, 1.165) is 0 Å². The summed E-state index contributed by atoms with van der Waals surface area (Å²) in [6.45, 7) is 0.335. The molecule has 1 atom stereocenters. The normalized spacial score (nSPS) is 27.8.